The summed E-state index contributed by atoms with van der Waals surface area (Å²) in [5, 5.41) is 4.00. The molecule has 2 aliphatic carbocycles. The van der Waals surface area contributed by atoms with Gasteiger partial charge in [-0.05, 0) is 126 Å². The summed E-state index contributed by atoms with van der Waals surface area (Å²) in [5.41, 5.74) is 22.9. The first kappa shape index (κ1) is 41.6. The molecule has 0 unspecified atom stereocenters. The van der Waals surface area contributed by atoms with Crippen molar-refractivity contribution in [3.63, 3.8) is 0 Å². The van der Waals surface area contributed by atoms with Crippen molar-refractivity contribution < 1.29 is 8.83 Å². The van der Waals surface area contributed by atoms with Crippen molar-refractivity contribution in [2.75, 3.05) is 0 Å². The molecule has 0 radical (unpaired) electrons. The second-order valence-corrected chi connectivity index (χ2v) is 19.8. The third-order valence-electron chi connectivity index (χ3n) is 15.8. The summed E-state index contributed by atoms with van der Waals surface area (Å²) in [6.45, 7) is 0. The van der Waals surface area contributed by atoms with E-state index in [2.05, 4.69) is 200 Å². The molecule has 3 aromatic heterocycles. The van der Waals surface area contributed by atoms with Gasteiger partial charge in [-0.2, -0.15) is 0 Å². The molecule has 0 saturated carbocycles. The first-order valence-corrected chi connectivity index (χ1v) is 25.5. The summed E-state index contributed by atoms with van der Waals surface area (Å²) in [7, 11) is 0. The lowest BCUT2D eigenvalue weighted by Gasteiger charge is -2.30. The molecule has 14 aromatic rings. The molecule has 0 bridgehead atoms. The van der Waals surface area contributed by atoms with E-state index < -0.39 is 0 Å². The van der Waals surface area contributed by atoms with E-state index in [9.17, 15) is 0 Å². The van der Waals surface area contributed by atoms with Crippen LogP contribution >= 0.6 is 0 Å². The fraction of sp³-hybridized carbons (Fsp3) is 0.0143. The van der Waals surface area contributed by atoms with Gasteiger partial charge in [0.1, 0.15) is 22.3 Å². The van der Waals surface area contributed by atoms with Gasteiger partial charge in [-0.3, -0.25) is 0 Å². The van der Waals surface area contributed by atoms with E-state index in [1.54, 1.807) is 0 Å². The Morgan fingerprint density at radius 3 is 1.37 bits per heavy atom. The largest absolute Gasteiger partial charge is 0.456 e. The zero-order chi connectivity index (χ0) is 49.2. The lowest BCUT2D eigenvalue weighted by atomic mass is 9.70. The number of fused-ring (bicyclic) bond motifs is 16. The molecule has 0 saturated heterocycles. The zero-order valence-electron chi connectivity index (χ0n) is 40.3. The highest BCUT2D eigenvalue weighted by molar-refractivity contribution is 6.13. The second-order valence-electron chi connectivity index (χ2n) is 19.8. The average Bonchev–Trinajstić information content (AvgIpc) is 4.37. The minimum atomic E-state index is -0.355. The van der Waals surface area contributed by atoms with Crippen LogP contribution in [-0.2, 0) is 5.41 Å². The van der Waals surface area contributed by atoms with E-state index in [0.29, 0.717) is 17.5 Å². The van der Waals surface area contributed by atoms with Crippen LogP contribution in [0.5, 0.6) is 0 Å². The van der Waals surface area contributed by atoms with Crippen molar-refractivity contribution in [2.24, 2.45) is 0 Å². The number of para-hydroxylation sites is 1. The first-order valence-electron chi connectivity index (χ1n) is 25.5. The molecular formula is C70H41N3O2. The Labute approximate surface area is 431 Å². The average molecular weight is 956 g/mol. The highest BCUT2D eigenvalue weighted by Gasteiger charge is 2.51. The van der Waals surface area contributed by atoms with Crippen LogP contribution in [0.15, 0.2) is 258 Å². The molecular weight excluding hydrogens is 915 g/mol. The van der Waals surface area contributed by atoms with Gasteiger partial charge in [0, 0.05) is 38.2 Å². The standard InChI is InChI=1S/C70H41N3O2/c1-2-13-42(14-3-1)43-29-31-46(32-30-43)67-71-68(49-35-38-63-56(41-49)53-18-7-11-23-62(53)74-63)73-69(72-67)54-19-12-24-65-66(54)57-40-48(34-37-64(57)75-65)45-27-25-44(26-28-45)47-33-36-61-55(39-47)52-17-6-10-22-60(52)70(61)58-20-8-4-15-50(58)51-16-5-9-21-59(51)70/h1-41H. The normalized spacial score (nSPS) is 12.9. The predicted octanol–water partition coefficient (Wildman–Crippen LogP) is 18.0. The number of nitrogens with zero attached hydrogens (tertiary/aromatic N) is 3. The molecule has 11 aromatic carbocycles. The minimum Gasteiger partial charge on any atom is -0.456 e. The number of furan rings is 2. The number of benzene rings is 11. The Morgan fingerprint density at radius 1 is 0.240 bits per heavy atom. The van der Waals surface area contributed by atoms with Crippen molar-refractivity contribution in [1.29, 1.82) is 0 Å². The second kappa shape index (κ2) is 16.0. The molecule has 0 aliphatic heterocycles. The lowest BCUT2D eigenvalue weighted by Crippen LogP contribution is -2.25. The summed E-state index contributed by atoms with van der Waals surface area (Å²) >= 11 is 0. The van der Waals surface area contributed by atoms with Crippen LogP contribution in [0.1, 0.15) is 22.3 Å². The van der Waals surface area contributed by atoms with Crippen molar-refractivity contribution in [3.8, 4) is 89.8 Å². The van der Waals surface area contributed by atoms with Crippen LogP contribution in [0.25, 0.3) is 134 Å². The van der Waals surface area contributed by atoms with Gasteiger partial charge in [0.05, 0.1) is 5.41 Å². The van der Waals surface area contributed by atoms with Gasteiger partial charge in [0.15, 0.2) is 17.5 Å². The molecule has 0 amide bonds. The fourth-order valence-electron chi connectivity index (χ4n) is 12.4. The summed E-state index contributed by atoms with van der Waals surface area (Å²) in [5.74, 6) is 1.71. The van der Waals surface area contributed by atoms with Crippen molar-refractivity contribution in [2.45, 2.75) is 5.41 Å². The summed E-state index contributed by atoms with van der Waals surface area (Å²) < 4.78 is 12.8. The predicted molar refractivity (Wildman–Crippen MR) is 303 cm³/mol. The maximum absolute atomic E-state index is 6.60. The molecule has 0 fully saturated rings. The van der Waals surface area contributed by atoms with Crippen molar-refractivity contribution in [3.05, 3.63) is 271 Å². The number of hydrogen-bond acceptors (Lipinski definition) is 5. The van der Waals surface area contributed by atoms with Gasteiger partial charge in [0.2, 0.25) is 0 Å². The first-order chi connectivity index (χ1) is 37.1. The quantitative estimate of drug-likeness (QED) is 0.166. The Hall–Kier alpha value is -9.97. The monoisotopic (exact) mass is 955 g/mol. The summed E-state index contributed by atoms with van der Waals surface area (Å²) in [4.78, 5) is 15.7. The van der Waals surface area contributed by atoms with Crippen molar-refractivity contribution in [1.82, 2.24) is 15.0 Å². The van der Waals surface area contributed by atoms with E-state index in [1.165, 1.54) is 55.6 Å². The third kappa shape index (κ3) is 6.22. The van der Waals surface area contributed by atoms with Gasteiger partial charge in [-0.25, -0.2) is 15.0 Å². The number of aromatic nitrogens is 3. The van der Waals surface area contributed by atoms with Crippen LogP contribution in [-0.4, -0.2) is 15.0 Å². The van der Waals surface area contributed by atoms with E-state index in [0.717, 1.165) is 82.8 Å². The molecule has 348 valence electrons. The SMILES string of the molecule is c1ccc(-c2ccc(-c3nc(-c4ccc5oc6ccccc6c5c4)nc(-c4cccc5oc6ccc(-c7ccc(-c8ccc9c(c8)-c8ccccc8C98c9ccccc9-c9ccccc98)cc7)cc6c45)n3)cc2)cc1. The van der Waals surface area contributed by atoms with Crippen molar-refractivity contribution >= 4 is 43.9 Å². The molecule has 1 spiro atoms. The van der Waals surface area contributed by atoms with Gasteiger partial charge in [-0.15, -0.1) is 0 Å². The van der Waals surface area contributed by atoms with E-state index in [4.69, 9.17) is 23.8 Å². The zero-order valence-corrected chi connectivity index (χ0v) is 40.3. The molecule has 0 N–H and O–H groups in total. The van der Waals surface area contributed by atoms with Gasteiger partial charge >= 0.3 is 0 Å². The molecule has 16 rings (SSSR count). The van der Waals surface area contributed by atoms with Crippen LogP contribution in [0.2, 0.25) is 0 Å². The Balaban J connectivity index is 0.790. The summed E-state index contributed by atoms with van der Waals surface area (Å²) in [6.07, 6.45) is 0. The van der Waals surface area contributed by atoms with Crippen LogP contribution in [0, 0.1) is 0 Å². The fourth-order valence-corrected chi connectivity index (χ4v) is 12.4. The summed E-state index contributed by atoms with van der Waals surface area (Å²) in [6, 6.07) is 88.7. The van der Waals surface area contributed by atoms with Crippen LogP contribution in [0.3, 0.4) is 0 Å². The molecule has 2 aliphatic rings. The third-order valence-corrected chi connectivity index (χ3v) is 15.8. The number of hydrogen-bond donors (Lipinski definition) is 0. The molecule has 5 nitrogen and oxygen atoms in total. The van der Waals surface area contributed by atoms with Crippen LogP contribution < -0.4 is 0 Å². The van der Waals surface area contributed by atoms with Gasteiger partial charge in [0.25, 0.3) is 0 Å². The topological polar surface area (TPSA) is 65.0 Å². The molecule has 5 heteroatoms. The highest BCUT2D eigenvalue weighted by atomic mass is 16.3. The molecule has 0 atom stereocenters. The minimum absolute atomic E-state index is 0.355. The van der Waals surface area contributed by atoms with Gasteiger partial charge in [-0.1, -0.05) is 200 Å². The lowest BCUT2D eigenvalue weighted by molar-refractivity contribution is 0.668. The van der Waals surface area contributed by atoms with E-state index in [1.807, 2.05) is 48.5 Å². The Kier molecular flexibility index (Phi) is 8.89. The van der Waals surface area contributed by atoms with E-state index >= 15 is 0 Å². The smallest absolute Gasteiger partial charge is 0.164 e. The van der Waals surface area contributed by atoms with Gasteiger partial charge < -0.3 is 8.83 Å². The molecule has 3 heterocycles. The van der Waals surface area contributed by atoms with Crippen LogP contribution in [0.4, 0.5) is 0 Å². The Bertz CT molecular complexity index is 4600. The maximum Gasteiger partial charge on any atom is 0.164 e. The number of rotatable bonds is 6. The molecule has 75 heavy (non-hydrogen) atoms. The maximum atomic E-state index is 6.60. The van der Waals surface area contributed by atoms with E-state index in [-0.39, 0.29) is 5.41 Å². The highest BCUT2D eigenvalue weighted by Crippen LogP contribution is 2.63. The Morgan fingerprint density at radius 2 is 0.667 bits per heavy atom.